The highest BCUT2D eigenvalue weighted by Gasteiger charge is 2.01. The van der Waals surface area contributed by atoms with E-state index in [1.165, 1.54) is 6.33 Å². The molecule has 0 fully saturated rings. The Bertz CT molecular complexity index is 561. The van der Waals surface area contributed by atoms with Gasteiger partial charge in [0.15, 0.2) is 6.61 Å². The molecule has 3 nitrogen and oxygen atoms in total. The quantitative estimate of drug-likeness (QED) is 0.622. The van der Waals surface area contributed by atoms with Crippen LogP contribution in [0.2, 0.25) is 0 Å². The van der Waals surface area contributed by atoms with Crippen LogP contribution >= 0.6 is 11.8 Å². The molecule has 0 N–H and O–H groups in total. The van der Waals surface area contributed by atoms with Crippen LogP contribution in [0.1, 0.15) is 6.92 Å². The molecule has 0 aliphatic heterocycles. The van der Waals surface area contributed by atoms with Crippen LogP contribution in [0.5, 0.6) is 5.88 Å². The van der Waals surface area contributed by atoms with E-state index in [-0.39, 0.29) is 0 Å². The Kier molecular flexibility index (Phi) is 4.62. The summed E-state index contributed by atoms with van der Waals surface area (Å²) in [5, 5.41) is 0.857. The van der Waals surface area contributed by atoms with Gasteiger partial charge in [-0.25, -0.2) is 9.97 Å². The van der Waals surface area contributed by atoms with E-state index in [4.69, 9.17) is 4.74 Å². The van der Waals surface area contributed by atoms with E-state index in [1.807, 2.05) is 36.4 Å². The minimum Gasteiger partial charge on any atom is -0.464 e. The molecule has 4 heteroatoms. The molecule has 0 radical (unpaired) electrons. The Morgan fingerprint density at radius 3 is 2.83 bits per heavy atom. The molecule has 0 saturated carbocycles. The molecule has 0 spiro atoms. The largest absolute Gasteiger partial charge is 0.464 e. The SMILES string of the molecule is CC#CCOc1cc(Sc2ccccc2)ncn1. The van der Waals surface area contributed by atoms with Crippen molar-refractivity contribution < 1.29 is 4.74 Å². The van der Waals surface area contributed by atoms with Gasteiger partial charge in [-0.3, -0.25) is 0 Å². The Hall–Kier alpha value is -1.99. The van der Waals surface area contributed by atoms with Gasteiger partial charge in [-0.05, 0) is 19.1 Å². The summed E-state index contributed by atoms with van der Waals surface area (Å²) >= 11 is 1.57. The summed E-state index contributed by atoms with van der Waals surface area (Å²) in [4.78, 5) is 9.37. The summed E-state index contributed by atoms with van der Waals surface area (Å²) in [6.07, 6.45) is 1.50. The summed E-state index contributed by atoms with van der Waals surface area (Å²) in [6, 6.07) is 11.9. The molecule has 1 heterocycles. The third-order valence-electron chi connectivity index (χ3n) is 2.05. The van der Waals surface area contributed by atoms with Crippen LogP contribution in [-0.2, 0) is 0 Å². The second-order valence-electron chi connectivity index (χ2n) is 3.33. The minimum absolute atomic E-state index is 0.350. The van der Waals surface area contributed by atoms with E-state index in [0.717, 1.165) is 9.92 Å². The van der Waals surface area contributed by atoms with Gasteiger partial charge in [0.25, 0.3) is 0 Å². The predicted molar refractivity (Wildman–Crippen MR) is 71.5 cm³/mol. The van der Waals surface area contributed by atoms with Crippen molar-refractivity contribution in [3.05, 3.63) is 42.7 Å². The highest BCUT2D eigenvalue weighted by Crippen LogP contribution is 2.26. The third-order valence-corrected chi connectivity index (χ3v) is 2.99. The van der Waals surface area contributed by atoms with Crippen LogP contribution in [0.25, 0.3) is 0 Å². The topological polar surface area (TPSA) is 35.0 Å². The van der Waals surface area contributed by atoms with Crippen molar-refractivity contribution in [1.29, 1.82) is 0 Å². The van der Waals surface area contributed by atoms with Crippen molar-refractivity contribution in [1.82, 2.24) is 9.97 Å². The Morgan fingerprint density at radius 1 is 1.22 bits per heavy atom. The average molecular weight is 256 g/mol. The Labute approximate surface area is 111 Å². The lowest BCUT2D eigenvalue weighted by Gasteiger charge is -2.03. The molecule has 2 rings (SSSR count). The van der Waals surface area contributed by atoms with Crippen LogP contribution in [0.4, 0.5) is 0 Å². The first kappa shape index (κ1) is 12.5. The molecule has 18 heavy (non-hydrogen) atoms. The highest BCUT2D eigenvalue weighted by atomic mass is 32.2. The molecule has 90 valence electrons. The fourth-order valence-corrected chi connectivity index (χ4v) is 2.04. The first-order valence-electron chi connectivity index (χ1n) is 5.46. The normalized spacial score (nSPS) is 9.39. The van der Waals surface area contributed by atoms with E-state index in [1.54, 1.807) is 18.7 Å². The van der Waals surface area contributed by atoms with Crippen molar-refractivity contribution in [3.63, 3.8) is 0 Å². The first-order chi connectivity index (χ1) is 8.88. The maximum Gasteiger partial charge on any atom is 0.218 e. The van der Waals surface area contributed by atoms with E-state index in [0.29, 0.717) is 12.5 Å². The second kappa shape index (κ2) is 6.67. The maximum absolute atomic E-state index is 5.39. The monoisotopic (exact) mass is 256 g/mol. The van der Waals surface area contributed by atoms with Gasteiger partial charge in [-0.15, -0.1) is 5.92 Å². The lowest BCUT2D eigenvalue weighted by atomic mass is 10.4. The first-order valence-corrected chi connectivity index (χ1v) is 6.27. The van der Waals surface area contributed by atoms with Gasteiger partial charge in [0.2, 0.25) is 5.88 Å². The molecule has 0 saturated heterocycles. The predicted octanol–water partition coefficient (Wildman–Crippen LogP) is 3.03. The van der Waals surface area contributed by atoms with Gasteiger partial charge < -0.3 is 4.74 Å². The molecule has 0 bridgehead atoms. The Balaban J connectivity index is 2.04. The molecule has 0 aliphatic carbocycles. The number of hydrogen-bond donors (Lipinski definition) is 0. The van der Waals surface area contributed by atoms with Gasteiger partial charge in [0.1, 0.15) is 11.4 Å². The van der Waals surface area contributed by atoms with Gasteiger partial charge in [-0.1, -0.05) is 35.9 Å². The standard InChI is InChI=1S/C14H12N2OS/c1-2-3-9-17-13-10-14(16-11-15-13)18-12-7-5-4-6-8-12/h4-8,10-11H,9H2,1H3. The number of ether oxygens (including phenoxy) is 1. The smallest absolute Gasteiger partial charge is 0.218 e. The number of nitrogens with zero attached hydrogens (tertiary/aromatic N) is 2. The zero-order valence-corrected chi connectivity index (χ0v) is 10.8. The van der Waals surface area contributed by atoms with Crippen molar-refractivity contribution in [3.8, 4) is 17.7 Å². The molecule has 0 atom stereocenters. The molecule has 0 aliphatic rings. The summed E-state index contributed by atoms with van der Waals surface area (Å²) in [5.41, 5.74) is 0. The molecular formula is C14H12N2OS. The number of benzene rings is 1. The minimum atomic E-state index is 0.350. The zero-order chi connectivity index (χ0) is 12.6. The fraction of sp³-hybridized carbons (Fsp3) is 0.143. The van der Waals surface area contributed by atoms with Gasteiger partial charge in [-0.2, -0.15) is 0 Å². The molecular weight excluding hydrogens is 244 g/mol. The molecule has 1 aromatic heterocycles. The van der Waals surface area contributed by atoms with Crippen LogP contribution < -0.4 is 4.74 Å². The lowest BCUT2D eigenvalue weighted by molar-refractivity contribution is 0.353. The van der Waals surface area contributed by atoms with Crippen molar-refractivity contribution in [2.24, 2.45) is 0 Å². The molecule has 1 aromatic carbocycles. The second-order valence-corrected chi connectivity index (χ2v) is 4.42. The average Bonchev–Trinajstić information content (AvgIpc) is 2.41. The number of rotatable bonds is 4. The third kappa shape index (κ3) is 3.79. The lowest BCUT2D eigenvalue weighted by Crippen LogP contribution is -1.97. The van der Waals surface area contributed by atoms with Crippen LogP contribution in [0, 0.1) is 11.8 Å². The van der Waals surface area contributed by atoms with E-state index >= 15 is 0 Å². The van der Waals surface area contributed by atoms with Crippen LogP contribution in [0.15, 0.2) is 52.6 Å². The van der Waals surface area contributed by atoms with Gasteiger partial charge in [0, 0.05) is 11.0 Å². The van der Waals surface area contributed by atoms with E-state index in [2.05, 4.69) is 21.8 Å². The van der Waals surface area contributed by atoms with Gasteiger partial charge in [0.05, 0.1) is 0 Å². The van der Waals surface area contributed by atoms with Crippen LogP contribution in [-0.4, -0.2) is 16.6 Å². The zero-order valence-electron chi connectivity index (χ0n) is 9.96. The Morgan fingerprint density at radius 2 is 2.06 bits per heavy atom. The summed E-state index contributed by atoms with van der Waals surface area (Å²) < 4.78 is 5.39. The van der Waals surface area contributed by atoms with Crippen molar-refractivity contribution >= 4 is 11.8 Å². The maximum atomic E-state index is 5.39. The summed E-state index contributed by atoms with van der Waals surface area (Å²) in [6.45, 7) is 2.13. The fourth-order valence-electron chi connectivity index (χ4n) is 1.25. The highest BCUT2D eigenvalue weighted by molar-refractivity contribution is 7.99. The molecule has 2 aromatic rings. The summed E-state index contributed by atoms with van der Waals surface area (Å²) in [5.74, 6) is 6.14. The molecule has 0 amide bonds. The van der Waals surface area contributed by atoms with E-state index < -0.39 is 0 Å². The van der Waals surface area contributed by atoms with Gasteiger partial charge >= 0.3 is 0 Å². The number of aromatic nitrogens is 2. The number of hydrogen-bond acceptors (Lipinski definition) is 4. The van der Waals surface area contributed by atoms with Crippen molar-refractivity contribution in [2.75, 3.05) is 6.61 Å². The summed E-state index contributed by atoms with van der Waals surface area (Å²) in [7, 11) is 0. The molecule has 0 unspecified atom stereocenters. The van der Waals surface area contributed by atoms with E-state index in [9.17, 15) is 0 Å². The van der Waals surface area contributed by atoms with Crippen LogP contribution in [0.3, 0.4) is 0 Å². The van der Waals surface area contributed by atoms with Crippen molar-refractivity contribution in [2.45, 2.75) is 16.8 Å².